The summed E-state index contributed by atoms with van der Waals surface area (Å²) < 4.78 is 23.0. The van der Waals surface area contributed by atoms with Gasteiger partial charge in [0, 0.05) is 13.5 Å². The molecule has 0 fully saturated rings. The molecule has 0 aliphatic heterocycles. The average Bonchev–Trinajstić information content (AvgIpc) is 3.24. The number of hydrogen-bond acceptors (Lipinski definition) is 13. The van der Waals surface area contributed by atoms with Gasteiger partial charge in [-0.15, -0.1) is 11.3 Å². The number of aryl methyl sites for hydroxylation is 1. The number of nitrogens with one attached hydrogen (secondary N) is 1. The molecule has 3 aromatic rings. The van der Waals surface area contributed by atoms with E-state index in [0.29, 0.717) is 17.8 Å². The Balaban J connectivity index is 1.75. The van der Waals surface area contributed by atoms with Gasteiger partial charge in [-0.3, -0.25) is 4.79 Å². The minimum absolute atomic E-state index is 0.000884. The first-order chi connectivity index (χ1) is 17.0. The molecule has 0 saturated carbocycles. The SMILES string of the molecule is COC(=O)[C@H](C[C@H](F)C(=O)OC)NC(=O)c1cc(C)c(N(C)Cc2cnc3nc(N)nc(N)c3n2)s1. The second-order valence-electron chi connectivity index (χ2n) is 7.73. The van der Waals surface area contributed by atoms with Gasteiger partial charge in [-0.05, 0) is 18.6 Å². The molecule has 36 heavy (non-hydrogen) atoms. The molecule has 15 heteroatoms. The number of nitrogens with two attached hydrogens (primary N) is 2. The number of carbonyl (C=O) groups excluding carboxylic acids is 3. The summed E-state index contributed by atoms with van der Waals surface area (Å²) in [6.07, 6.45) is -1.19. The van der Waals surface area contributed by atoms with Crippen molar-refractivity contribution in [2.24, 2.45) is 0 Å². The van der Waals surface area contributed by atoms with Gasteiger partial charge in [-0.2, -0.15) is 9.97 Å². The van der Waals surface area contributed by atoms with Gasteiger partial charge in [-0.1, -0.05) is 0 Å². The van der Waals surface area contributed by atoms with E-state index in [4.69, 9.17) is 11.5 Å². The zero-order chi connectivity index (χ0) is 26.6. The molecule has 0 radical (unpaired) electrons. The maximum absolute atomic E-state index is 14.0. The summed E-state index contributed by atoms with van der Waals surface area (Å²) in [5.74, 6) is -2.55. The number of nitrogen functional groups attached to an aromatic ring is 2. The van der Waals surface area contributed by atoms with Crippen molar-refractivity contribution in [3.05, 3.63) is 28.4 Å². The predicted octanol–water partition coefficient (Wildman–Crippen LogP) is 0.763. The lowest BCUT2D eigenvalue weighted by Gasteiger charge is -2.18. The molecular weight excluding hydrogens is 495 g/mol. The van der Waals surface area contributed by atoms with Gasteiger partial charge in [0.25, 0.3) is 5.91 Å². The summed E-state index contributed by atoms with van der Waals surface area (Å²) in [5, 5.41) is 3.17. The molecule has 5 N–H and O–H groups in total. The van der Waals surface area contributed by atoms with Gasteiger partial charge in [0.05, 0.1) is 42.5 Å². The van der Waals surface area contributed by atoms with Crippen molar-refractivity contribution in [1.29, 1.82) is 0 Å². The maximum Gasteiger partial charge on any atom is 0.340 e. The Hall–Kier alpha value is -4.14. The molecule has 3 heterocycles. The van der Waals surface area contributed by atoms with E-state index in [9.17, 15) is 18.8 Å². The molecule has 1 amide bonds. The molecule has 0 aromatic carbocycles. The first kappa shape index (κ1) is 26.5. The lowest BCUT2D eigenvalue weighted by Crippen LogP contribution is -2.44. The third-order valence-electron chi connectivity index (χ3n) is 5.05. The van der Waals surface area contributed by atoms with Crippen LogP contribution < -0.4 is 21.7 Å². The second kappa shape index (κ2) is 11.1. The number of methoxy groups -OCH3 is 2. The van der Waals surface area contributed by atoms with E-state index in [1.165, 1.54) is 6.20 Å². The molecule has 0 aliphatic carbocycles. The van der Waals surface area contributed by atoms with E-state index >= 15 is 0 Å². The number of hydrogen-bond donors (Lipinski definition) is 3. The number of rotatable bonds is 9. The molecule has 0 spiro atoms. The Bertz CT molecular complexity index is 1300. The molecule has 0 bridgehead atoms. The summed E-state index contributed by atoms with van der Waals surface area (Å²) in [5.41, 5.74) is 13.4. The van der Waals surface area contributed by atoms with Crippen LogP contribution >= 0.6 is 11.3 Å². The van der Waals surface area contributed by atoms with Crippen molar-refractivity contribution in [2.45, 2.75) is 32.1 Å². The zero-order valence-corrected chi connectivity index (χ0v) is 20.8. The van der Waals surface area contributed by atoms with Crippen LogP contribution in [0.2, 0.25) is 0 Å². The normalized spacial score (nSPS) is 12.6. The molecular formula is C21H25FN8O5S. The highest BCUT2D eigenvalue weighted by atomic mass is 32.1. The zero-order valence-electron chi connectivity index (χ0n) is 19.9. The quantitative estimate of drug-likeness (QED) is 0.337. The minimum atomic E-state index is -2.11. The van der Waals surface area contributed by atoms with Crippen LogP contribution in [0, 0.1) is 6.92 Å². The number of halogens is 1. The lowest BCUT2D eigenvalue weighted by atomic mass is 10.1. The number of esters is 2. The maximum atomic E-state index is 14.0. The number of thiophene rings is 1. The topological polar surface area (TPSA) is 189 Å². The van der Waals surface area contributed by atoms with Crippen molar-refractivity contribution < 1.29 is 28.2 Å². The lowest BCUT2D eigenvalue weighted by molar-refractivity contribution is -0.148. The largest absolute Gasteiger partial charge is 0.467 e. The van der Waals surface area contributed by atoms with Gasteiger partial charge in [0.1, 0.15) is 6.04 Å². The summed E-state index contributed by atoms with van der Waals surface area (Å²) in [6.45, 7) is 2.13. The van der Waals surface area contributed by atoms with Crippen LogP contribution in [0.25, 0.3) is 11.2 Å². The molecule has 0 unspecified atom stereocenters. The van der Waals surface area contributed by atoms with Gasteiger partial charge in [0.15, 0.2) is 23.2 Å². The van der Waals surface area contributed by atoms with E-state index in [1.54, 1.807) is 13.1 Å². The van der Waals surface area contributed by atoms with Crippen molar-refractivity contribution >= 4 is 57.1 Å². The summed E-state index contributed by atoms with van der Waals surface area (Å²) in [7, 11) is 3.92. The third kappa shape index (κ3) is 5.91. The minimum Gasteiger partial charge on any atom is -0.467 e. The summed E-state index contributed by atoms with van der Waals surface area (Å²) in [6, 6.07) is 0.253. The fourth-order valence-corrected chi connectivity index (χ4v) is 4.39. The third-order valence-corrected chi connectivity index (χ3v) is 6.40. The van der Waals surface area contributed by atoms with Crippen LogP contribution in [0.4, 0.5) is 21.2 Å². The number of alkyl halides is 1. The van der Waals surface area contributed by atoms with E-state index < -0.39 is 36.5 Å². The van der Waals surface area contributed by atoms with Crippen molar-refractivity contribution in [3.8, 4) is 0 Å². The monoisotopic (exact) mass is 520 g/mol. The smallest absolute Gasteiger partial charge is 0.340 e. The first-order valence-electron chi connectivity index (χ1n) is 10.5. The van der Waals surface area contributed by atoms with Crippen molar-refractivity contribution in [1.82, 2.24) is 25.3 Å². The first-order valence-corrected chi connectivity index (χ1v) is 11.3. The average molecular weight is 521 g/mol. The van der Waals surface area contributed by atoms with Crippen LogP contribution in [0.1, 0.15) is 27.3 Å². The Morgan fingerprint density at radius 3 is 2.53 bits per heavy atom. The molecule has 3 rings (SSSR count). The molecule has 2 atom stereocenters. The Kier molecular flexibility index (Phi) is 8.14. The summed E-state index contributed by atoms with van der Waals surface area (Å²) >= 11 is 1.16. The van der Waals surface area contributed by atoms with Crippen molar-refractivity contribution in [2.75, 3.05) is 37.6 Å². The predicted molar refractivity (Wildman–Crippen MR) is 130 cm³/mol. The summed E-state index contributed by atoms with van der Waals surface area (Å²) in [4.78, 5) is 55.0. The highest BCUT2D eigenvalue weighted by molar-refractivity contribution is 7.18. The van der Waals surface area contributed by atoms with Gasteiger partial charge in [-0.25, -0.2) is 23.9 Å². The molecule has 192 valence electrons. The highest BCUT2D eigenvalue weighted by Crippen LogP contribution is 2.31. The van der Waals surface area contributed by atoms with E-state index in [-0.39, 0.29) is 22.3 Å². The van der Waals surface area contributed by atoms with Gasteiger partial charge < -0.3 is 31.2 Å². The van der Waals surface area contributed by atoms with Gasteiger partial charge in [0.2, 0.25) is 5.95 Å². The number of anilines is 3. The number of ether oxygens (including phenoxy) is 2. The van der Waals surface area contributed by atoms with Gasteiger partial charge >= 0.3 is 11.9 Å². The Morgan fingerprint density at radius 2 is 1.86 bits per heavy atom. The van der Waals surface area contributed by atoms with Crippen molar-refractivity contribution in [3.63, 3.8) is 0 Å². The number of nitrogens with zero attached hydrogens (tertiary/aromatic N) is 5. The second-order valence-corrected chi connectivity index (χ2v) is 8.76. The Morgan fingerprint density at radius 1 is 1.17 bits per heavy atom. The Labute approximate surface area is 209 Å². The fourth-order valence-electron chi connectivity index (χ4n) is 3.35. The molecule has 0 aliphatic rings. The van der Waals surface area contributed by atoms with Crippen LogP contribution in [-0.4, -0.2) is 71.3 Å². The van der Waals surface area contributed by atoms with E-state index in [0.717, 1.165) is 36.1 Å². The number of carbonyl (C=O) groups is 3. The fraction of sp³-hybridized carbons (Fsp3) is 0.381. The molecule has 0 saturated heterocycles. The van der Waals surface area contributed by atoms with Crippen LogP contribution in [0.5, 0.6) is 0 Å². The van der Waals surface area contributed by atoms with E-state index in [1.807, 2.05) is 11.8 Å². The standard InChI is InChI=1S/C21H25FN8O5S/c1-9-5-13(17(31)27-12(20(33)35-4)6-11(22)19(32)34-3)36-18(9)30(2)8-10-7-25-16-14(26-10)15(23)28-21(24)29-16/h5,7,11-12H,6,8H2,1-4H3,(H,27,31)(H4,23,24,25,28,29)/t11-,12-/m0/s1. The van der Waals surface area contributed by atoms with Crippen LogP contribution in [-0.2, 0) is 25.6 Å². The number of aromatic nitrogens is 4. The highest BCUT2D eigenvalue weighted by Gasteiger charge is 2.30. The number of fused-ring (bicyclic) bond motifs is 1. The van der Waals surface area contributed by atoms with Crippen LogP contribution in [0.15, 0.2) is 12.3 Å². The molecule has 3 aromatic heterocycles. The number of amides is 1. The molecule has 13 nitrogen and oxygen atoms in total. The van der Waals surface area contributed by atoms with E-state index in [2.05, 4.69) is 34.7 Å². The van der Waals surface area contributed by atoms with Crippen LogP contribution in [0.3, 0.4) is 0 Å².